The van der Waals surface area contributed by atoms with Gasteiger partial charge in [-0.25, -0.2) is 0 Å². The topological polar surface area (TPSA) is 79.0 Å². The summed E-state index contributed by atoms with van der Waals surface area (Å²) >= 11 is 0. The molecule has 0 saturated carbocycles. The molecule has 0 bridgehead atoms. The molecule has 6 nitrogen and oxygen atoms in total. The van der Waals surface area contributed by atoms with E-state index in [9.17, 15) is 5.11 Å². The number of ether oxygens (including phenoxy) is 1. The normalized spacial score (nSPS) is 12.7. The molecule has 0 aliphatic heterocycles. The summed E-state index contributed by atoms with van der Waals surface area (Å²) in [5.74, 6) is 2.28. The first-order valence-electron chi connectivity index (χ1n) is 9.57. The van der Waals surface area contributed by atoms with Crippen LogP contribution in [0.25, 0.3) is 0 Å². The zero-order valence-corrected chi connectivity index (χ0v) is 16.9. The number of aliphatic imine (C=N–C) groups is 1. The number of guanidine groups is 1. The molecule has 3 N–H and O–H groups in total. The van der Waals surface area contributed by atoms with E-state index in [2.05, 4.69) is 22.2 Å². The van der Waals surface area contributed by atoms with Crippen molar-refractivity contribution >= 4 is 5.96 Å². The van der Waals surface area contributed by atoms with Gasteiger partial charge in [0.25, 0.3) is 0 Å². The fourth-order valence-electron chi connectivity index (χ4n) is 2.52. The molecule has 152 valence electrons. The van der Waals surface area contributed by atoms with Gasteiger partial charge in [-0.2, -0.15) is 0 Å². The quantitative estimate of drug-likeness (QED) is 0.332. The van der Waals surface area contributed by atoms with Crippen LogP contribution in [-0.4, -0.2) is 36.8 Å². The SMILES string of the molecule is C=C(C)CNC(=NCC(O)c1cccc(OC(C)C)c1)NCCc1ccco1. The molecule has 1 heterocycles. The van der Waals surface area contributed by atoms with Gasteiger partial charge in [-0.15, -0.1) is 0 Å². The smallest absolute Gasteiger partial charge is 0.191 e. The zero-order chi connectivity index (χ0) is 20.4. The van der Waals surface area contributed by atoms with Crippen molar-refractivity contribution in [2.24, 2.45) is 4.99 Å². The molecule has 0 saturated heterocycles. The number of benzene rings is 1. The van der Waals surface area contributed by atoms with Crippen LogP contribution in [0.1, 0.15) is 38.2 Å². The number of furan rings is 1. The molecule has 2 rings (SSSR count). The van der Waals surface area contributed by atoms with Gasteiger partial charge < -0.3 is 24.9 Å². The summed E-state index contributed by atoms with van der Waals surface area (Å²) in [5.41, 5.74) is 1.77. The van der Waals surface area contributed by atoms with Crippen molar-refractivity contribution in [1.29, 1.82) is 0 Å². The Labute approximate surface area is 167 Å². The Morgan fingerprint density at radius 3 is 2.75 bits per heavy atom. The Morgan fingerprint density at radius 1 is 1.25 bits per heavy atom. The molecule has 0 amide bonds. The maximum Gasteiger partial charge on any atom is 0.191 e. The van der Waals surface area contributed by atoms with E-state index in [1.807, 2.05) is 57.2 Å². The third kappa shape index (κ3) is 7.88. The third-order valence-electron chi connectivity index (χ3n) is 3.84. The van der Waals surface area contributed by atoms with Crippen molar-refractivity contribution in [1.82, 2.24) is 10.6 Å². The Hall–Kier alpha value is -2.73. The number of aliphatic hydroxyl groups is 1. The lowest BCUT2D eigenvalue weighted by Crippen LogP contribution is -2.39. The van der Waals surface area contributed by atoms with E-state index in [0.29, 0.717) is 19.0 Å². The first-order chi connectivity index (χ1) is 13.4. The lowest BCUT2D eigenvalue weighted by atomic mass is 10.1. The molecule has 1 atom stereocenters. The zero-order valence-electron chi connectivity index (χ0n) is 16.9. The molecular formula is C22H31N3O3. The minimum Gasteiger partial charge on any atom is -0.491 e. The second kappa shape index (κ2) is 11.2. The molecule has 0 aliphatic carbocycles. The van der Waals surface area contributed by atoms with Crippen LogP contribution in [-0.2, 0) is 6.42 Å². The number of nitrogens with one attached hydrogen (secondary N) is 2. The maximum absolute atomic E-state index is 10.5. The fourth-order valence-corrected chi connectivity index (χ4v) is 2.52. The van der Waals surface area contributed by atoms with Crippen LogP contribution in [0.15, 0.2) is 64.2 Å². The summed E-state index contributed by atoms with van der Waals surface area (Å²) in [5, 5.41) is 17.0. The highest BCUT2D eigenvalue weighted by atomic mass is 16.5. The molecule has 2 aromatic rings. The number of hydrogen-bond donors (Lipinski definition) is 3. The van der Waals surface area contributed by atoms with Gasteiger partial charge in [-0.1, -0.05) is 24.3 Å². The minimum atomic E-state index is -0.718. The predicted molar refractivity (Wildman–Crippen MR) is 113 cm³/mol. The van der Waals surface area contributed by atoms with Crippen molar-refractivity contribution in [3.8, 4) is 5.75 Å². The Morgan fingerprint density at radius 2 is 2.07 bits per heavy atom. The Balaban J connectivity index is 1.95. The molecule has 28 heavy (non-hydrogen) atoms. The highest BCUT2D eigenvalue weighted by Gasteiger charge is 2.10. The van der Waals surface area contributed by atoms with Gasteiger partial charge in [0.1, 0.15) is 11.5 Å². The molecule has 0 aliphatic rings. The van der Waals surface area contributed by atoms with Crippen LogP contribution >= 0.6 is 0 Å². The minimum absolute atomic E-state index is 0.0849. The van der Waals surface area contributed by atoms with Gasteiger partial charge in [0.05, 0.1) is 25.0 Å². The van der Waals surface area contributed by atoms with Crippen LogP contribution in [0.4, 0.5) is 0 Å². The lowest BCUT2D eigenvalue weighted by molar-refractivity contribution is 0.185. The van der Waals surface area contributed by atoms with Gasteiger partial charge in [0, 0.05) is 19.5 Å². The van der Waals surface area contributed by atoms with Crippen molar-refractivity contribution in [3.63, 3.8) is 0 Å². The predicted octanol–water partition coefficient (Wildman–Crippen LogP) is 3.45. The number of hydrogen-bond acceptors (Lipinski definition) is 4. The average molecular weight is 386 g/mol. The van der Waals surface area contributed by atoms with Crippen LogP contribution in [0, 0.1) is 0 Å². The molecule has 6 heteroatoms. The standard InChI is InChI=1S/C22H31N3O3/c1-16(2)14-24-22(23-11-10-19-9-6-12-27-19)25-15-21(26)18-7-5-8-20(13-18)28-17(3)4/h5-9,12-13,17,21,26H,1,10-11,14-15H2,2-4H3,(H2,23,24,25). The monoisotopic (exact) mass is 385 g/mol. The van der Waals surface area contributed by atoms with E-state index in [0.717, 1.165) is 29.1 Å². The van der Waals surface area contributed by atoms with E-state index in [4.69, 9.17) is 9.15 Å². The second-order valence-corrected chi connectivity index (χ2v) is 7.01. The molecular weight excluding hydrogens is 354 g/mol. The lowest BCUT2D eigenvalue weighted by Gasteiger charge is -2.15. The van der Waals surface area contributed by atoms with Crippen LogP contribution in [0.3, 0.4) is 0 Å². The number of aliphatic hydroxyl groups excluding tert-OH is 1. The highest BCUT2D eigenvalue weighted by molar-refractivity contribution is 5.80. The van der Waals surface area contributed by atoms with E-state index in [1.54, 1.807) is 6.26 Å². The number of nitrogens with zero attached hydrogens (tertiary/aromatic N) is 1. The summed E-state index contributed by atoms with van der Waals surface area (Å²) in [6.45, 7) is 11.3. The molecule has 1 aromatic heterocycles. The maximum atomic E-state index is 10.5. The highest BCUT2D eigenvalue weighted by Crippen LogP contribution is 2.20. The largest absolute Gasteiger partial charge is 0.491 e. The molecule has 0 spiro atoms. The van der Waals surface area contributed by atoms with Crippen molar-refractivity contribution in [3.05, 3.63) is 66.1 Å². The van der Waals surface area contributed by atoms with Gasteiger partial charge in [0.2, 0.25) is 0 Å². The summed E-state index contributed by atoms with van der Waals surface area (Å²) in [7, 11) is 0. The van der Waals surface area contributed by atoms with Crippen molar-refractivity contribution < 1.29 is 14.3 Å². The van der Waals surface area contributed by atoms with Gasteiger partial charge in [-0.05, 0) is 50.6 Å². The molecule has 1 aromatic carbocycles. The van der Waals surface area contributed by atoms with Gasteiger partial charge in [-0.3, -0.25) is 4.99 Å². The first-order valence-corrected chi connectivity index (χ1v) is 9.57. The van der Waals surface area contributed by atoms with Crippen LogP contribution < -0.4 is 15.4 Å². The summed E-state index contributed by atoms with van der Waals surface area (Å²) in [6, 6.07) is 11.3. The van der Waals surface area contributed by atoms with Crippen LogP contribution in [0.2, 0.25) is 0 Å². The molecule has 1 unspecified atom stereocenters. The average Bonchev–Trinajstić information content (AvgIpc) is 3.16. The molecule has 0 radical (unpaired) electrons. The summed E-state index contributed by atoms with van der Waals surface area (Å²) < 4.78 is 11.0. The fraction of sp³-hybridized carbons (Fsp3) is 0.409. The molecule has 0 fully saturated rings. The first kappa shape index (κ1) is 21.6. The van der Waals surface area contributed by atoms with Gasteiger partial charge in [0.15, 0.2) is 5.96 Å². The van der Waals surface area contributed by atoms with E-state index in [-0.39, 0.29) is 12.6 Å². The van der Waals surface area contributed by atoms with E-state index >= 15 is 0 Å². The second-order valence-electron chi connectivity index (χ2n) is 7.01. The third-order valence-corrected chi connectivity index (χ3v) is 3.84. The van der Waals surface area contributed by atoms with E-state index < -0.39 is 6.10 Å². The Kier molecular flexibility index (Phi) is 8.62. The van der Waals surface area contributed by atoms with Crippen molar-refractivity contribution in [2.75, 3.05) is 19.6 Å². The summed E-state index contributed by atoms with van der Waals surface area (Å²) in [4.78, 5) is 4.51. The number of rotatable bonds is 10. The Bertz CT molecular complexity index is 754. The van der Waals surface area contributed by atoms with Crippen molar-refractivity contribution in [2.45, 2.75) is 39.4 Å². The summed E-state index contributed by atoms with van der Waals surface area (Å²) in [6.07, 6.45) is 1.78. The van der Waals surface area contributed by atoms with Gasteiger partial charge >= 0.3 is 0 Å². The van der Waals surface area contributed by atoms with E-state index in [1.165, 1.54) is 0 Å². The van der Waals surface area contributed by atoms with Crippen LogP contribution in [0.5, 0.6) is 5.75 Å².